The summed E-state index contributed by atoms with van der Waals surface area (Å²) in [5.74, 6) is 2.31. The molecule has 0 spiro atoms. The lowest BCUT2D eigenvalue weighted by Gasteiger charge is -2.41. The number of rotatable bonds is 4. The van der Waals surface area contributed by atoms with Crippen LogP contribution in [0.1, 0.15) is 39.6 Å². The molecule has 10 heteroatoms. The molecule has 1 aromatic carbocycles. The Kier molecular flexibility index (Phi) is 6.55. The van der Waals surface area contributed by atoms with Crippen LogP contribution >= 0.6 is 11.6 Å². The number of carbonyl (C=O) groups excluding carboxylic acids is 1. The third-order valence-corrected chi connectivity index (χ3v) is 7.08. The topological polar surface area (TPSA) is 79.6 Å². The molecule has 0 aliphatic carbocycles. The number of hydrogen-bond acceptors (Lipinski definition) is 7. The number of piperazine rings is 1. The van der Waals surface area contributed by atoms with Crippen LogP contribution in [0.25, 0.3) is 22.6 Å². The van der Waals surface area contributed by atoms with Crippen molar-refractivity contribution >= 4 is 34.7 Å². The summed E-state index contributed by atoms with van der Waals surface area (Å²) in [6.07, 6.45) is -0.303. The highest BCUT2D eigenvalue weighted by molar-refractivity contribution is 6.33. The molecular formula is C26H34ClN7O2. The predicted molar refractivity (Wildman–Crippen MR) is 142 cm³/mol. The average molecular weight is 512 g/mol. The van der Waals surface area contributed by atoms with Gasteiger partial charge in [-0.3, -0.25) is 0 Å². The van der Waals surface area contributed by atoms with E-state index in [9.17, 15) is 4.79 Å². The van der Waals surface area contributed by atoms with E-state index in [2.05, 4.69) is 21.3 Å². The fourth-order valence-corrected chi connectivity index (χ4v) is 5.05. The first kappa shape index (κ1) is 24.8. The number of likely N-dealkylation sites (tertiary alicyclic amines) is 1. The number of hydrogen-bond donors (Lipinski definition) is 0. The van der Waals surface area contributed by atoms with Gasteiger partial charge in [-0.1, -0.05) is 30.7 Å². The quantitative estimate of drug-likeness (QED) is 0.514. The maximum atomic E-state index is 12.6. The van der Waals surface area contributed by atoms with Gasteiger partial charge < -0.3 is 24.0 Å². The Hall–Kier alpha value is -2.91. The van der Waals surface area contributed by atoms with Crippen LogP contribution in [0.3, 0.4) is 0 Å². The fraction of sp³-hybridized carbons (Fsp3) is 0.538. The molecule has 1 amide bonds. The molecular weight excluding hydrogens is 478 g/mol. The van der Waals surface area contributed by atoms with Crippen molar-refractivity contribution in [3.05, 3.63) is 35.1 Å². The molecule has 4 heterocycles. The first-order valence-electron chi connectivity index (χ1n) is 12.6. The molecule has 5 rings (SSSR count). The summed E-state index contributed by atoms with van der Waals surface area (Å²) in [6, 6.07) is 7.73. The summed E-state index contributed by atoms with van der Waals surface area (Å²) < 4.78 is 7.71. The van der Waals surface area contributed by atoms with Crippen LogP contribution in [0.4, 0.5) is 10.6 Å². The lowest BCUT2D eigenvalue weighted by Crippen LogP contribution is -2.52. The van der Waals surface area contributed by atoms with E-state index in [0.717, 1.165) is 61.1 Å². The summed E-state index contributed by atoms with van der Waals surface area (Å²) in [5.41, 5.74) is 1.86. The van der Waals surface area contributed by atoms with Crippen LogP contribution in [0.15, 0.2) is 24.3 Å². The minimum Gasteiger partial charge on any atom is -0.444 e. The number of likely N-dealkylation sites (N-methyl/N-ethyl adjacent to an activating group) is 1. The number of fused-ring (bicyclic) bond motifs is 1. The van der Waals surface area contributed by atoms with Crippen molar-refractivity contribution in [2.45, 2.75) is 46.3 Å². The van der Waals surface area contributed by atoms with Crippen molar-refractivity contribution in [3.8, 4) is 11.4 Å². The molecule has 0 atom stereocenters. The van der Waals surface area contributed by atoms with Gasteiger partial charge in [-0.05, 0) is 46.4 Å². The third kappa shape index (κ3) is 4.74. The van der Waals surface area contributed by atoms with E-state index in [0.29, 0.717) is 23.9 Å². The number of amides is 1. The van der Waals surface area contributed by atoms with E-state index in [4.69, 9.17) is 31.3 Å². The lowest BCUT2D eigenvalue weighted by molar-refractivity contribution is 0.00162. The maximum absolute atomic E-state index is 12.6. The number of aryl methyl sites for hydroxylation is 1. The first-order chi connectivity index (χ1) is 17.1. The SMILES string of the molecule is CCN1CCN(c2nc(C)nc3c2nc(-c2ccccc2Cl)n3C2CN(C(=O)OC(C)(C)C)C2)CC1. The van der Waals surface area contributed by atoms with Gasteiger partial charge in [0.05, 0.1) is 11.1 Å². The standard InChI is InChI=1S/C26H34ClN7O2/c1-6-31-11-13-32(14-12-31)23-21-24(29-17(2)28-23)34(22(30-21)19-9-7-8-10-20(19)27)18-15-33(16-18)25(35)36-26(3,4)5/h7-10,18H,6,11-16H2,1-5H3. The number of anilines is 1. The predicted octanol–water partition coefficient (Wildman–Crippen LogP) is 4.39. The number of benzene rings is 1. The first-order valence-corrected chi connectivity index (χ1v) is 13.0. The molecule has 0 saturated carbocycles. The maximum Gasteiger partial charge on any atom is 0.410 e. The molecule has 0 N–H and O–H groups in total. The number of carbonyl (C=O) groups is 1. The molecule has 9 nitrogen and oxygen atoms in total. The molecule has 0 bridgehead atoms. The van der Waals surface area contributed by atoms with Crippen LogP contribution in [-0.4, -0.2) is 86.8 Å². The summed E-state index contributed by atoms with van der Waals surface area (Å²) in [4.78, 5) is 33.9. The van der Waals surface area contributed by atoms with E-state index < -0.39 is 5.60 Å². The smallest absolute Gasteiger partial charge is 0.410 e. The second-order valence-electron chi connectivity index (χ2n) is 10.5. The minimum absolute atomic E-state index is 0.00730. The van der Waals surface area contributed by atoms with E-state index in [1.165, 1.54) is 0 Å². The highest BCUT2D eigenvalue weighted by Crippen LogP contribution is 2.37. The molecule has 2 aromatic heterocycles. The number of aromatic nitrogens is 4. The van der Waals surface area contributed by atoms with Gasteiger partial charge in [0.15, 0.2) is 17.0 Å². The minimum atomic E-state index is -0.534. The van der Waals surface area contributed by atoms with Gasteiger partial charge in [0.2, 0.25) is 0 Å². The Morgan fingerprint density at radius 1 is 1.08 bits per heavy atom. The highest BCUT2D eigenvalue weighted by Gasteiger charge is 2.38. The second-order valence-corrected chi connectivity index (χ2v) is 10.9. The van der Waals surface area contributed by atoms with E-state index in [1.54, 1.807) is 4.90 Å². The second kappa shape index (κ2) is 9.52. The Morgan fingerprint density at radius 3 is 2.42 bits per heavy atom. The van der Waals surface area contributed by atoms with Gasteiger partial charge in [0, 0.05) is 44.8 Å². The van der Waals surface area contributed by atoms with E-state index in [-0.39, 0.29) is 12.1 Å². The Bertz CT molecular complexity index is 1270. The number of ether oxygens (including phenoxy) is 1. The van der Waals surface area contributed by atoms with Gasteiger partial charge in [-0.2, -0.15) is 0 Å². The van der Waals surface area contributed by atoms with Gasteiger partial charge in [-0.25, -0.2) is 19.7 Å². The molecule has 36 heavy (non-hydrogen) atoms. The van der Waals surface area contributed by atoms with Crippen molar-refractivity contribution in [2.24, 2.45) is 0 Å². The molecule has 2 aliphatic rings. The number of halogens is 1. The number of imidazole rings is 1. The summed E-state index contributed by atoms with van der Waals surface area (Å²) in [6.45, 7) is 15.6. The van der Waals surface area contributed by atoms with Crippen molar-refractivity contribution in [1.82, 2.24) is 29.3 Å². The molecule has 2 aliphatic heterocycles. The largest absolute Gasteiger partial charge is 0.444 e. The lowest BCUT2D eigenvalue weighted by atomic mass is 10.1. The zero-order valence-electron chi connectivity index (χ0n) is 21.7. The van der Waals surface area contributed by atoms with Gasteiger partial charge in [0.25, 0.3) is 0 Å². The van der Waals surface area contributed by atoms with Gasteiger partial charge in [0.1, 0.15) is 17.2 Å². The van der Waals surface area contributed by atoms with E-state index in [1.807, 2.05) is 52.0 Å². The Balaban J connectivity index is 1.56. The molecule has 2 fully saturated rings. The normalized spacial score (nSPS) is 17.5. The Morgan fingerprint density at radius 2 is 1.78 bits per heavy atom. The van der Waals surface area contributed by atoms with Crippen LogP contribution in [0.2, 0.25) is 5.02 Å². The van der Waals surface area contributed by atoms with Crippen molar-refractivity contribution < 1.29 is 9.53 Å². The zero-order valence-corrected chi connectivity index (χ0v) is 22.4. The van der Waals surface area contributed by atoms with Crippen molar-refractivity contribution in [3.63, 3.8) is 0 Å². The summed E-state index contributed by atoms with van der Waals surface area (Å²) >= 11 is 6.64. The van der Waals surface area contributed by atoms with Gasteiger partial charge in [-0.15, -0.1) is 0 Å². The molecule has 2 saturated heterocycles. The van der Waals surface area contributed by atoms with Crippen LogP contribution in [0, 0.1) is 6.92 Å². The average Bonchev–Trinajstić information content (AvgIpc) is 3.15. The van der Waals surface area contributed by atoms with Crippen LogP contribution in [-0.2, 0) is 4.74 Å². The molecule has 192 valence electrons. The van der Waals surface area contributed by atoms with Crippen molar-refractivity contribution in [2.75, 3.05) is 50.7 Å². The van der Waals surface area contributed by atoms with E-state index >= 15 is 0 Å². The molecule has 0 radical (unpaired) electrons. The van der Waals surface area contributed by atoms with Crippen LogP contribution < -0.4 is 4.90 Å². The summed E-state index contributed by atoms with van der Waals surface area (Å²) in [5, 5.41) is 0.625. The van der Waals surface area contributed by atoms with Crippen LogP contribution in [0.5, 0.6) is 0 Å². The highest BCUT2D eigenvalue weighted by atomic mass is 35.5. The monoisotopic (exact) mass is 511 g/mol. The number of nitrogens with zero attached hydrogens (tertiary/aromatic N) is 7. The Labute approximate surface area is 217 Å². The molecule has 3 aromatic rings. The third-order valence-electron chi connectivity index (χ3n) is 6.75. The molecule has 0 unspecified atom stereocenters. The fourth-order valence-electron chi connectivity index (χ4n) is 4.83. The van der Waals surface area contributed by atoms with Crippen molar-refractivity contribution in [1.29, 1.82) is 0 Å². The zero-order chi connectivity index (χ0) is 25.6. The summed E-state index contributed by atoms with van der Waals surface area (Å²) in [7, 11) is 0. The van der Waals surface area contributed by atoms with Gasteiger partial charge >= 0.3 is 6.09 Å².